The van der Waals surface area contributed by atoms with Crippen LogP contribution in [0.4, 0.5) is 0 Å². The van der Waals surface area contributed by atoms with Crippen LogP contribution in [0.2, 0.25) is 10.0 Å². The van der Waals surface area contributed by atoms with Crippen molar-refractivity contribution in [1.82, 2.24) is 4.90 Å². The average Bonchev–Trinajstić information content (AvgIpc) is 2.87. The number of benzene rings is 2. The maximum Gasteiger partial charge on any atom is 0.258 e. The van der Waals surface area contributed by atoms with E-state index < -0.39 is 0 Å². The standard InChI is InChI=1S/C20H19Cl2NO2/c1-4-6-13(12-9-10-15(21)16(22)11-12)19-14-7-5-8-17(25-3)18(14)20(24)23(19)2/h4-5,7-11,13,19H,1,6H2,2-3H3. The van der Waals surface area contributed by atoms with Crippen molar-refractivity contribution in [3.05, 3.63) is 75.8 Å². The first-order valence-corrected chi connectivity index (χ1v) is 8.75. The Morgan fingerprint density at radius 3 is 2.68 bits per heavy atom. The summed E-state index contributed by atoms with van der Waals surface area (Å²) in [6.07, 6.45) is 2.57. The molecule has 0 N–H and O–H groups in total. The van der Waals surface area contributed by atoms with Crippen LogP contribution in [-0.2, 0) is 0 Å². The fraction of sp³-hybridized carbons (Fsp3) is 0.250. The maximum absolute atomic E-state index is 12.8. The van der Waals surface area contributed by atoms with E-state index in [-0.39, 0.29) is 17.9 Å². The first-order chi connectivity index (χ1) is 12.0. The van der Waals surface area contributed by atoms with Crippen molar-refractivity contribution in [2.45, 2.75) is 18.4 Å². The van der Waals surface area contributed by atoms with Crippen molar-refractivity contribution >= 4 is 29.1 Å². The van der Waals surface area contributed by atoms with Gasteiger partial charge in [-0.25, -0.2) is 0 Å². The highest BCUT2D eigenvalue weighted by Gasteiger charge is 2.41. The molecule has 130 valence electrons. The van der Waals surface area contributed by atoms with Gasteiger partial charge in [-0.1, -0.05) is 47.5 Å². The molecule has 2 aromatic rings. The minimum Gasteiger partial charge on any atom is -0.496 e. The van der Waals surface area contributed by atoms with Crippen LogP contribution in [0.5, 0.6) is 5.75 Å². The summed E-state index contributed by atoms with van der Waals surface area (Å²) < 4.78 is 5.40. The number of carbonyl (C=O) groups excluding carboxylic acids is 1. The molecule has 1 amide bonds. The molecule has 0 spiro atoms. The van der Waals surface area contributed by atoms with Crippen LogP contribution < -0.4 is 4.74 Å². The van der Waals surface area contributed by atoms with Crippen LogP contribution in [0.25, 0.3) is 0 Å². The molecule has 2 unspecified atom stereocenters. The van der Waals surface area contributed by atoms with Crippen LogP contribution in [-0.4, -0.2) is 25.0 Å². The Labute approximate surface area is 157 Å². The van der Waals surface area contributed by atoms with Crippen molar-refractivity contribution in [1.29, 1.82) is 0 Å². The predicted octanol–water partition coefficient (Wildman–Crippen LogP) is 5.49. The van der Waals surface area contributed by atoms with Crippen molar-refractivity contribution in [3.8, 4) is 5.75 Å². The number of amides is 1. The van der Waals surface area contributed by atoms with Crippen LogP contribution in [0.3, 0.4) is 0 Å². The van der Waals surface area contributed by atoms with E-state index in [0.29, 0.717) is 27.8 Å². The van der Waals surface area contributed by atoms with Crippen molar-refractivity contribution < 1.29 is 9.53 Å². The first kappa shape index (κ1) is 17.8. The highest BCUT2D eigenvalue weighted by Crippen LogP contribution is 2.47. The Hall–Kier alpha value is -1.97. The summed E-state index contributed by atoms with van der Waals surface area (Å²) in [6, 6.07) is 11.2. The van der Waals surface area contributed by atoms with Crippen molar-refractivity contribution in [3.63, 3.8) is 0 Å². The van der Waals surface area contributed by atoms with E-state index in [4.69, 9.17) is 27.9 Å². The Bertz CT molecular complexity index is 834. The Kier molecular flexibility index (Phi) is 5.07. The summed E-state index contributed by atoms with van der Waals surface area (Å²) in [6.45, 7) is 3.88. The molecule has 1 aliphatic rings. The molecule has 0 radical (unpaired) electrons. The van der Waals surface area contributed by atoms with E-state index in [1.165, 1.54) is 0 Å². The van der Waals surface area contributed by atoms with E-state index in [1.54, 1.807) is 18.1 Å². The molecular weight excluding hydrogens is 357 g/mol. The number of methoxy groups -OCH3 is 1. The van der Waals surface area contributed by atoms with Gasteiger partial charge in [0, 0.05) is 13.0 Å². The number of hydrogen-bond acceptors (Lipinski definition) is 2. The van der Waals surface area contributed by atoms with Gasteiger partial charge in [0.05, 0.1) is 28.8 Å². The molecule has 0 saturated heterocycles. The van der Waals surface area contributed by atoms with Gasteiger partial charge in [0.1, 0.15) is 5.75 Å². The number of likely N-dealkylation sites (N-methyl/N-ethyl adjacent to an activating group) is 1. The summed E-state index contributed by atoms with van der Waals surface area (Å²) in [5.74, 6) is 0.587. The van der Waals surface area contributed by atoms with E-state index in [9.17, 15) is 4.79 Å². The lowest BCUT2D eigenvalue weighted by molar-refractivity contribution is 0.0753. The number of halogens is 2. The third-order valence-corrected chi connectivity index (χ3v) is 5.46. The van der Waals surface area contributed by atoms with Crippen LogP contribution in [0.1, 0.15) is 39.9 Å². The van der Waals surface area contributed by atoms with E-state index >= 15 is 0 Å². The maximum atomic E-state index is 12.8. The Balaban J connectivity index is 2.13. The zero-order valence-corrected chi connectivity index (χ0v) is 15.6. The summed E-state index contributed by atoms with van der Waals surface area (Å²) in [5, 5.41) is 1.02. The van der Waals surface area contributed by atoms with E-state index in [2.05, 4.69) is 6.58 Å². The van der Waals surface area contributed by atoms with E-state index in [0.717, 1.165) is 11.1 Å². The van der Waals surface area contributed by atoms with Crippen LogP contribution >= 0.6 is 23.2 Å². The summed E-state index contributed by atoms with van der Waals surface area (Å²) in [7, 11) is 3.40. The second kappa shape index (κ2) is 7.11. The lowest BCUT2D eigenvalue weighted by Gasteiger charge is -2.30. The average molecular weight is 376 g/mol. The van der Waals surface area contributed by atoms with Crippen LogP contribution in [0, 0.1) is 0 Å². The fourth-order valence-corrected chi connectivity index (χ4v) is 3.87. The Morgan fingerprint density at radius 1 is 1.28 bits per heavy atom. The molecule has 3 rings (SSSR count). The smallest absolute Gasteiger partial charge is 0.258 e. The van der Waals surface area contributed by atoms with Gasteiger partial charge in [-0.3, -0.25) is 4.79 Å². The zero-order valence-electron chi connectivity index (χ0n) is 14.1. The predicted molar refractivity (Wildman–Crippen MR) is 102 cm³/mol. The number of ether oxygens (including phenoxy) is 1. The monoisotopic (exact) mass is 375 g/mol. The quantitative estimate of drug-likeness (QED) is 0.646. The molecule has 0 bridgehead atoms. The van der Waals surface area contributed by atoms with Gasteiger partial charge in [-0.15, -0.1) is 6.58 Å². The molecule has 3 nitrogen and oxygen atoms in total. The highest BCUT2D eigenvalue weighted by molar-refractivity contribution is 6.42. The largest absolute Gasteiger partial charge is 0.496 e. The molecule has 0 saturated carbocycles. The number of nitrogens with zero attached hydrogens (tertiary/aromatic N) is 1. The second-order valence-electron chi connectivity index (χ2n) is 6.09. The van der Waals surface area contributed by atoms with Gasteiger partial charge in [0.15, 0.2) is 0 Å². The summed E-state index contributed by atoms with van der Waals surface area (Å²) in [5.41, 5.74) is 2.62. The van der Waals surface area contributed by atoms with Crippen LogP contribution in [0.15, 0.2) is 49.1 Å². The summed E-state index contributed by atoms with van der Waals surface area (Å²) >= 11 is 12.3. The number of carbonyl (C=O) groups is 1. The molecular formula is C20H19Cl2NO2. The van der Waals surface area contributed by atoms with Gasteiger partial charge in [-0.05, 0) is 35.7 Å². The molecule has 25 heavy (non-hydrogen) atoms. The topological polar surface area (TPSA) is 29.5 Å². The number of hydrogen-bond donors (Lipinski definition) is 0. The molecule has 0 aromatic heterocycles. The third kappa shape index (κ3) is 3.03. The minimum absolute atomic E-state index is 0.0228. The van der Waals surface area contributed by atoms with Crippen molar-refractivity contribution in [2.75, 3.05) is 14.2 Å². The van der Waals surface area contributed by atoms with Gasteiger partial charge in [0.25, 0.3) is 5.91 Å². The van der Waals surface area contributed by atoms with Gasteiger partial charge in [0.2, 0.25) is 0 Å². The highest BCUT2D eigenvalue weighted by atomic mass is 35.5. The molecule has 5 heteroatoms. The molecule has 2 atom stereocenters. The third-order valence-electron chi connectivity index (χ3n) is 4.72. The molecule has 1 aliphatic heterocycles. The lowest BCUT2D eigenvalue weighted by Crippen LogP contribution is -2.27. The number of rotatable bonds is 5. The second-order valence-corrected chi connectivity index (χ2v) is 6.90. The van der Waals surface area contributed by atoms with Gasteiger partial charge in [-0.2, -0.15) is 0 Å². The SMILES string of the molecule is C=CCC(c1ccc(Cl)c(Cl)c1)C1c2cccc(OC)c2C(=O)N1C. The minimum atomic E-state index is -0.118. The molecule has 1 heterocycles. The zero-order chi connectivity index (χ0) is 18.1. The van der Waals surface area contributed by atoms with Gasteiger partial charge < -0.3 is 9.64 Å². The lowest BCUT2D eigenvalue weighted by atomic mass is 9.84. The molecule has 0 fully saturated rings. The first-order valence-electron chi connectivity index (χ1n) is 7.99. The number of fused-ring (bicyclic) bond motifs is 1. The van der Waals surface area contributed by atoms with Gasteiger partial charge >= 0.3 is 0 Å². The fourth-order valence-electron chi connectivity index (χ4n) is 3.56. The number of allylic oxidation sites excluding steroid dienone is 1. The van der Waals surface area contributed by atoms with Crippen molar-refractivity contribution in [2.24, 2.45) is 0 Å². The normalized spacial score (nSPS) is 17.4. The molecule has 2 aromatic carbocycles. The van der Waals surface area contributed by atoms with E-state index in [1.807, 2.05) is 43.5 Å². The summed E-state index contributed by atoms with van der Waals surface area (Å²) in [4.78, 5) is 14.6. The molecule has 0 aliphatic carbocycles. The Morgan fingerprint density at radius 2 is 2.04 bits per heavy atom.